The fourth-order valence-electron chi connectivity index (χ4n) is 4.98. The van der Waals surface area contributed by atoms with Gasteiger partial charge in [0, 0.05) is 17.8 Å². The van der Waals surface area contributed by atoms with Crippen LogP contribution in [0.5, 0.6) is 0 Å². The molecular formula is C24H25N3O3. The smallest absolute Gasteiger partial charge is 0.255 e. The highest BCUT2D eigenvalue weighted by molar-refractivity contribution is 5.94. The van der Waals surface area contributed by atoms with E-state index in [1.54, 1.807) is 12.3 Å². The number of pyridine rings is 1. The SMILES string of the molecule is O=C(N[C@@H]1c2ccccc2C2(CCNCC2)[C@H]1OCc1cccnc1)c1ccoc1. The Balaban J connectivity index is 1.50. The van der Waals surface area contributed by atoms with Gasteiger partial charge in [-0.1, -0.05) is 30.3 Å². The highest BCUT2D eigenvalue weighted by Gasteiger charge is 2.53. The maximum Gasteiger partial charge on any atom is 0.255 e. The third-order valence-corrected chi connectivity index (χ3v) is 6.40. The molecule has 3 aromatic rings. The fraction of sp³-hybridized carbons (Fsp3) is 0.333. The molecule has 1 spiro atoms. The molecule has 2 N–H and O–H groups in total. The molecule has 3 heterocycles. The normalized spacial score (nSPS) is 22.0. The van der Waals surface area contributed by atoms with Gasteiger partial charge >= 0.3 is 0 Å². The van der Waals surface area contributed by atoms with E-state index in [1.807, 2.05) is 24.4 Å². The number of piperidine rings is 1. The van der Waals surface area contributed by atoms with Crippen LogP contribution in [0.4, 0.5) is 0 Å². The van der Waals surface area contributed by atoms with Crippen molar-refractivity contribution < 1.29 is 13.9 Å². The summed E-state index contributed by atoms with van der Waals surface area (Å²) in [7, 11) is 0. The number of furan rings is 1. The van der Waals surface area contributed by atoms with E-state index in [9.17, 15) is 4.79 Å². The highest BCUT2D eigenvalue weighted by atomic mass is 16.5. The van der Waals surface area contributed by atoms with Gasteiger partial charge in [0.15, 0.2) is 0 Å². The molecule has 0 radical (unpaired) electrons. The van der Waals surface area contributed by atoms with Crippen LogP contribution in [0, 0.1) is 0 Å². The number of nitrogens with one attached hydrogen (secondary N) is 2. The van der Waals surface area contributed by atoms with Crippen LogP contribution in [-0.4, -0.2) is 30.1 Å². The van der Waals surface area contributed by atoms with E-state index in [0.717, 1.165) is 37.1 Å². The average Bonchev–Trinajstić information content (AvgIpc) is 3.41. The molecule has 1 fully saturated rings. The van der Waals surface area contributed by atoms with Crippen molar-refractivity contribution in [3.63, 3.8) is 0 Å². The first-order valence-electron chi connectivity index (χ1n) is 10.4. The minimum Gasteiger partial charge on any atom is -0.472 e. The topological polar surface area (TPSA) is 76.4 Å². The van der Waals surface area contributed by atoms with Crippen molar-refractivity contribution in [3.05, 3.63) is 89.6 Å². The Morgan fingerprint density at radius 3 is 2.83 bits per heavy atom. The predicted octanol–water partition coefficient (Wildman–Crippen LogP) is 3.37. The quantitative estimate of drug-likeness (QED) is 0.683. The van der Waals surface area contributed by atoms with Gasteiger partial charge in [-0.3, -0.25) is 9.78 Å². The van der Waals surface area contributed by atoms with Crippen molar-refractivity contribution in [1.29, 1.82) is 0 Å². The molecule has 1 aliphatic carbocycles. The molecule has 0 saturated carbocycles. The lowest BCUT2D eigenvalue weighted by Crippen LogP contribution is -2.49. The van der Waals surface area contributed by atoms with Crippen molar-refractivity contribution in [1.82, 2.24) is 15.6 Å². The lowest BCUT2D eigenvalue weighted by molar-refractivity contribution is -0.0363. The Morgan fingerprint density at radius 1 is 1.20 bits per heavy atom. The van der Waals surface area contributed by atoms with E-state index in [4.69, 9.17) is 9.15 Å². The van der Waals surface area contributed by atoms with Crippen molar-refractivity contribution in [2.45, 2.75) is 37.0 Å². The van der Waals surface area contributed by atoms with Crippen LogP contribution >= 0.6 is 0 Å². The summed E-state index contributed by atoms with van der Waals surface area (Å²) in [6.07, 6.45) is 8.37. The number of nitrogens with zero attached hydrogens (tertiary/aromatic N) is 1. The van der Waals surface area contributed by atoms with Gasteiger partial charge in [-0.25, -0.2) is 0 Å². The van der Waals surface area contributed by atoms with Gasteiger partial charge < -0.3 is 19.8 Å². The first-order chi connectivity index (χ1) is 14.8. The predicted molar refractivity (Wildman–Crippen MR) is 112 cm³/mol. The van der Waals surface area contributed by atoms with Gasteiger partial charge in [0.2, 0.25) is 0 Å². The third kappa shape index (κ3) is 3.32. The molecule has 1 amide bonds. The second-order valence-corrected chi connectivity index (χ2v) is 8.05. The van der Waals surface area contributed by atoms with E-state index in [0.29, 0.717) is 12.2 Å². The molecule has 6 nitrogen and oxygen atoms in total. The molecule has 1 aliphatic heterocycles. The molecule has 2 atom stereocenters. The maximum absolute atomic E-state index is 12.9. The zero-order valence-electron chi connectivity index (χ0n) is 16.7. The zero-order chi connectivity index (χ0) is 20.4. The van der Waals surface area contributed by atoms with Crippen LogP contribution in [0.3, 0.4) is 0 Å². The van der Waals surface area contributed by atoms with Gasteiger partial charge in [-0.2, -0.15) is 0 Å². The van der Waals surface area contributed by atoms with Crippen molar-refractivity contribution in [2.24, 2.45) is 0 Å². The van der Waals surface area contributed by atoms with Gasteiger partial charge in [0.05, 0.1) is 30.6 Å². The number of hydrogen-bond acceptors (Lipinski definition) is 5. The summed E-state index contributed by atoms with van der Waals surface area (Å²) in [6.45, 7) is 2.33. The maximum atomic E-state index is 12.9. The first kappa shape index (κ1) is 19.0. The number of ether oxygens (including phenoxy) is 1. The van der Waals surface area contributed by atoms with Crippen LogP contribution in [0.15, 0.2) is 71.8 Å². The van der Waals surface area contributed by atoms with E-state index < -0.39 is 0 Å². The number of fused-ring (bicyclic) bond motifs is 2. The lowest BCUT2D eigenvalue weighted by atomic mass is 9.72. The van der Waals surface area contributed by atoms with Gasteiger partial charge in [0.1, 0.15) is 6.26 Å². The third-order valence-electron chi connectivity index (χ3n) is 6.40. The molecule has 6 heteroatoms. The van der Waals surface area contributed by atoms with Crippen molar-refractivity contribution >= 4 is 5.91 Å². The standard InChI is InChI=1S/C24H25N3O3/c28-23(18-7-13-29-16-18)27-21-19-5-1-2-6-20(19)24(8-11-25-12-9-24)22(21)30-15-17-4-3-10-26-14-17/h1-7,10,13-14,16,21-22,25H,8-9,11-12,15H2,(H,27,28)/t21-,22+/m1/s1. The average molecular weight is 403 g/mol. The Bertz CT molecular complexity index is 998. The van der Waals surface area contributed by atoms with Crippen LogP contribution in [-0.2, 0) is 16.8 Å². The minimum atomic E-state index is -0.224. The molecule has 0 unspecified atom stereocenters. The molecule has 2 aliphatic rings. The monoisotopic (exact) mass is 403 g/mol. The minimum absolute atomic E-state index is 0.127. The summed E-state index contributed by atoms with van der Waals surface area (Å²) in [5.41, 5.74) is 3.85. The van der Waals surface area contributed by atoms with Crippen LogP contribution in [0.1, 0.15) is 45.9 Å². The summed E-state index contributed by atoms with van der Waals surface area (Å²) >= 11 is 0. The Morgan fingerprint density at radius 2 is 2.07 bits per heavy atom. The Labute approximate surface area is 175 Å². The van der Waals surface area contributed by atoms with E-state index >= 15 is 0 Å². The van der Waals surface area contributed by atoms with Crippen molar-refractivity contribution in [3.8, 4) is 0 Å². The number of aromatic nitrogens is 1. The Kier molecular flexibility index (Phi) is 5.11. The number of amides is 1. The zero-order valence-corrected chi connectivity index (χ0v) is 16.7. The second kappa shape index (κ2) is 8.05. The molecule has 30 heavy (non-hydrogen) atoms. The number of carbonyl (C=O) groups is 1. The van der Waals surface area contributed by atoms with E-state index in [1.165, 1.54) is 18.1 Å². The van der Waals surface area contributed by atoms with Gasteiger partial charge in [-0.05, 0) is 54.8 Å². The van der Waals surface area contributed by atoms with Crippen molar-refractivity contribution in [2.75, 3.05) is 13.1 Å². The Hall–Kier alpha value is -2.96. The molecule has 5 rings (SSSR count). The van der Waals surface area contributed by atoms with Gasteiger partial charge in [0.25, 0.3) is 5.91 Å². The number of hydrogen-bond donors (Lipinski definition) is 2. The lowest BCUT2D eigenvalue weighted by Gasteiger charge is -2.41. The summed E-state index contributed by atoms with van der Waals surface area (Å²) in [4.78, 5) is 17.1. The first-order valence-corrected chi connectivity index (χ1v) is 10.4. The summed E-state index contributed by atoms with van der Waals surface area (Å²) in [6, 6.07) is 13.8. The van der Waals surface area contributed by atoms with Crippen LogP contribution in [0.2, 0.25) is 0 Å². The molecule has 2 aromatic heterocycles. The summed E-state index contributed by atoms with van der Waals surface area (Å²) in [5, 5.41) is 6.71. The van der Waals surface area contributed by atoms with E-state index in [-0.39, 0.29) is 23.5 Å². The number of rotatable bonds is 5. The van der Waals surface area contributed by atoms with Crippen LogP contribution < -0.4 is 10.6 Å². The van der Waals surface area contributed by atoms with E-state index in [2.05, 4.69) is 33.8 Å². The second-order valence-electron chi connectivity index (χ2n) is 8.05. The highest BCUT2D eigenvalue weighted by Crippen LogP contribution is 2.51. The molecule has 1 saturated heterocycles. The number of carbonyl (C=O) groups excluding carboxylic acids is 1. The summed E-state index contributed by atoms with van der Waals surface area (Å²) < 4.78 is 11.7. The fourth-order valence-corrected chi connectivity index (χ4v) is 4.98. The largest absolute Gasteiger partial charge is 0.472 e. The van der Waals surface area contributed by atoms with Gasteiger partial charge in [-0.15, -0.1) is 0 Å². The molecule has 154 valence electrons. The molecule has 1 aromatic carbocycles. The molecular weight excluding hydrogens is 378 g/mol. The number of benzene rings is 1. The van der Waals surface area contributed by atoms with Crippen LogP contribution in [0.25, 0.3) is 0 Å². The molecule has 0 bridgehead atoms. The summed E-state index contributed by atoms with van der Waals surface area (Å²) in [5.74, 6) is -0.149.